The zero-order valence-electron chi connectivity index (χ0n) is 16.1. The van der Waals surface area contributed by atoms with Gasteiger partial charge < -0.3 is 14.6 Å². The first-order valence-corrected chi connectivity index (χ1v) is 8.82. The number of ether oxygens (including phenoxy) is 2. The van der Waals surface area contributed by atoms with Gasteiger partial charge >= 0.3 is 12.1 Å². The van der Waals surface area contributed by atoms with Crippen LogP contribution in [0.5, 0.6) is 0 Å². The smallest absolute Gasteiger partial charge is 0.430 e. The summed E-state index contributed by atoms with van der Waals surface area (Å²) in [5, 5.41) is 10.7. The topological polar surface area (TPSA) is 113 Å². The second-order valence-electron chi connectivity index (χ2n) is 7.28. The number of imide groups is 1. The molecule has 1 aliphatic heterocycles. The van der Waals surface area contributed by atoms with Gasteiger partial charge in [-0.2, -0.15) is 10.0 Å². The van der Waals surface area contributed by atoms with Crippen molar-refractivity contribution in [2.75, 3.05) is 6.61 Å². The van der Waals surface area contributed by atoms with Crippen LogP contribution in [0.3, 0.4) is 0 Å². The molecule has 1 fully saturated rings. The Bertz CT molecular complexity index is 726. The number of carbonyl (C=O) groups excluding carboxylic acids is 3. The van der Waals surface area contributed by atoms with Crippen molar-refractivity contribution in [3.05, 3.63) is 35.9 Å². The summed E-state index contributed by atoms with van der Waals surface area (Å²) in [7, 11) is 0. The highest BCUT2D eigenvalue weighted by Crippen LogP contribution is 2.21. The maximum atomic E-state index is 12.7. The van der Waals surface area contributed by atoms with Crippen LogP contribution in [-0.2, 0) is 30.5 Å². The predicted molar refractivity (Wildman–Crippen MR) is 96.7 cm³/mol. The minimum absolute atomic E-state index is 0.102. The standard InChI is InChI=1S/C19H24N2O7/c1-19(2,3)28-18(26)20(21-15(22)9-10-16(21)23)14(17(24)25)12-27-11-13-7-5-4-6-8-13/h4-8,14H,9-12H2,1-3H3,(H,24,25). The van der Waals surface area contributed by atoms with Gasteiger partial charge in [0.2, 0.25) is 11.8 Å². The highest BCUT2D eigenvalue weighted by molar-refractivity contribution is 6.03. The Morgan fingerprint density at radius 3 is 2.21 bits per heavy atom. The van der Waals surface area contributed by atoms with E-state index in [1.165, 1.54) is 0 Å². The van der Waals surface area contributed by atoms with E-state index in [4.69, 9.17) is 9.47 Å². The summed E-state index contributed by atoms with van der Waals surface area (Å²) in [5.41, 5.74) is -0.140. The van der Waals surface area contributed by atoms with E-state index in [0.717, 1.165) is 5.56 Å². The third-order valence-corrected chi connectivity index (χ3v) is 3.79. The lowest BCUT2D eigenvalue weighted by molar-refractivity contribution is -0.169. The van der Waals surface area contributed by atoms with Gasteiger partial charge in [0.15, 0.2) is 6.04 Å². The van der Waals surface area contributed by atoms with Crippen LogP contribution in [0.2, 0.25) is 0 Å². The first-order valence-electron chi connectivity index (χ1n) is 8.82. The Labute approximate surface area is 162 Å². The van der Waals surface area contributed by atoms with Crippen LogP contribution < -0.4 is 0 Å². The third-order valence-electron chi connectivity index (χ3n) is 3.79. The largest absolute Gasteiger partial charge is 0.480 e. The third kappa shape index (κ3) is 5.53. The second-order valence-corrected chi connectivity index (χ2v) is 7.28. The number of hydrogen-bond acceptors (Lipinski definition) is 6. The quantitative estimate of drug-likeness (QED) is 0.706. The normalized spacial score (nSPS) is 15.5. The molecule has 1 aromatic rings. The lowest BCUT2D eigenvalue weighted by Gasteiger charge is -2.35. The minimum Gasteiger partial charge on any atom is -0.480 e. The second kappa shape index (κ2) is 8.83. The van der Waals surface area contributed by atoms with Crippen LogP contribution >= 0.6 is 0 Å². The summed E-state index contributed by atoms with van der Waals surface area (Å²) >= 11 is 0. The van der Waals surface area contributed by atoms with E-state index in [1.54, 1.807) is 32.9 Å². The first kappa shape index (κ1) is 21.4. The molecule has 0 aromatic heterocycles. The average Bonchev–Trinajstić information content (AvgIpc) is 2.92. The molecule has 1 saturated heterocycles. The summed E-state index contributed by atoms with van der Waals surface area (Å²) in [6.07, 6.45) is -1.31. The molecule has 0 spiro atoms. The number of hydrogen-bond donors (Lipinski definition) is 1. The molecule has 1 aliphatic rings. The van der Waals surface area contributed by atoms with Gasteiger partial charge in [0.25, 0.3) is 0 Å². The fraction of sp³-hybridized carbons (Fsp3) is 0.474. The van der Waals surface area contributed by atoms with E-state index in [0.29, 0.717) is 10.0 Å². The average molecular weight is 392 g/mol. The number of carbonyl (C=O) groups is 4. The van der Waals surface area contributed by atoms with Gasteiger partial charge in [0.05, 0.1) is 13.2 Å². The van der Waals surface area contributed by atoms with Gasteiger partial charge in [0.1, 0.15) is 5.60 Å². The van der Waals surface area contributed by atoms with Crippen molar-refractivity contribution in [2.45, 2.75) is 51.9 Å². The fourth-order valence-electron chi connectivity index (χ4n) is 2.57. The molecule has 2 rings (SSSR count). The van der Waals surface area contributed by atoms with E-state index in [1.807, 2.05) is 18.2 Å². The molecule has 0 aliphatic carbocycles. The Morgan fingerprint density at radius 1 is 1.14 bits per heavy atom. The number of rotatable bonds is 7. The van der Waals surface area contributed by atoms with Crippen molar-refractivity contribution in [1.82, 2.24) is 10.0 Å². The summed E-state index contributed by atoms with van der Waals surface area (Å²) in [5.74, 6) is -2.75. The molecular weight excluding hydrogens is 368 g/mol. The molecule has 28 heavy (non-hydrogen) atoms. The van der Waals surface area contributed by atoms with Gasteiger partial charge in [0, 0.05) is 12.8 Å². The number of nitrogens with zero attached hydrogens (tertiary/aromatic N) is 2. The van der Waals surface area contributed by atoms with E-state index >= 15 is 0 Å². The Balaban J connectivity index is 2.23. The number of aliphatic carboxylic acids is 1. The van der Waals surface area contributed by atoms with Gasteiger partial charge in [-0.15, -0.1) is 0 Å². The van der Waals surface area contributed by atoms with E-state index in [2.05, 4.69) is 0 Å². The number of amides is 3. The maximum absolute atomic E-state index is 12.7. The zero-order valence-corrected chi connectivity index (χ0v) is 16.1. The van der Waals surface area contributed by atoms with Crippen LogP contribution in [0.25, 0.3) is 0 Å². The Hall–Kier alpha value is -2.94. The van der Waals surface area contributed by atoms with Crippen molar-refractivity contribution in [3.63, 3.8) is 0 Å². The molecule has 3 amide bonds. The molecule has 0 bridgehead atoms. The van der Waals surface area contributed by atoms with Crippen molar-refractivity contribution in [3.8, 4) is 0 Å². The highest BCUT2D eigenvalue weighted by atomic mass is 16.6. The fourth-order valence-corrected chi connectivity index (χ4v) is 2.57. The molecule has 9 heteroatoms. The summed E-state index contributed by atoms with van der Waals surface area (Å²) < 4.78 is 10.7. The number of benzene rings is 1. The van der Waals surface area contributed by atoms with Gasteiger partial charge in [-0.05, 0) is 26.3 Å². The lowest BCUT2D eigenvalue weighted by atomic mass is 10.2. The molecule has 1 aromatic carbocycles. The van der Waals surface area contributed by atoms with Gasteiger partial charge in [-0.3, -0.25) is 9.59 Å². The van der Waals surface area contributed by atoms with Crippen molar-refractivity contribution >= 4 is 23.9 Å². The Morgan fingerprint density at radius 2 is 1.71 bits per heavy atom. The molecular formula is C19H24N2O7. The number of carboxylic acid groups (broad SMARTS) is 1. The number of hydrazine groups is 1. The van der Waals surface area contributed by atoms with Crippen LogP contribution in [0.4, 0.5) is 4.79 Å². The van der Waals surface area contributed by atoms with Crippen molar-refractivity contribution in [2.24, 2.45) is 0 Å². The molecule has 152 valence electrons. The molecule has 0 radical (unpaired) electrons. The van der Waals surface area contributed by atoms with E-state index < -0.39 is 42.1 Å². The van der Waals surface area contributed by atoms with E-state index in [-0.39, 0.29) is 19.4 Å². The summed E-state index contributed by atoms with van der Waals surface area (Å²) in [4.78, 5) is 48.8. The molecule has 1 N–H and O–H groups in total. The summed E-state index contributed by atoms with van der Waals surface area (Å²) in [6.45, 7) is 4.46. The van der Waals surface area contributed by atoms with Crippen molar-refractivity contribution in [1.29, 1.82) is 0 Å². The molecule has 1 heterocycles. The molecule has 0 saturated carbocycles. The molecule has 1 atom stereocenters. The van der Waals surface area contributed by atoms with Crippen LogP contribution in [0.1, 0.15) is 39.2 Å². The van der Waals surface area contributed by atoms with E-state index in [9.17, 15) is 24.3 Å². The SMILES string of the molecule is CC(C)(C)OC(=O)N(C(COCc1ccccc1)C(=O)O)N1C(=O)CCC1=O. The number of carboxylic acids is 1. The first-order chi connectivity index (χ1) is 13.1. The van der Waals surface area contributed by atoms with Crippen LogP contribution in [-0.4, -0.2) is 57.3 Å². The van der Waals surface area contributed by atoms with Gasteiger partial charge in [-0.25, -0.2) is 9.59 Å². The molecule has 1 unspecified atom stereocenters. The summed E-state index contributed by atoms with van der Waals surface area (Å²) in [6, 6.07) is 7.44. The van der Waals surface area contributed by atoms with Crippen LogP contribution in [0, 0.1) is 0 Å². The predicted octanol–water partition coefficient (Wildman–Crippen LogP) is 1.96. The minimum atomic E-state index is -1.61. The Kier molecular flexibility index (Phi) is 6.74. The molecule has 9 nitrogen and oxygen atoms in total. The monoisotopic (exact) mass is 392 g/mol. The highest BCUT2D eigenvalue weighted by Gasteiger charge is 2.45. The van der Waals surface area contributed by atoms with Crippen molar-refractivity contribution < 1.29 is 33.8 Å². The maximum Gasteiger partial charge on any atom is 0.430 e. The van der Waals surface area contributed by atoms with Gasteiger partial charge in [-0.1, -0.05) is 30.3 Å². The van der Waals surface area contributed by atoms with Crippen LogP contribution in [0.15, 0.2) is 30.3 Å². The lowest BCUT2D eigenvalue weighted by Crippen LogP contribution is -2.59. The zero-order chi connectivity index (χ0) is 20.9.